The Morgan fingerprint density at radius 2 is 1.90 bits per heavy atom. The zero-order valence-electron chi connectivity index (χ0n) is 15.0. The molecule has 0 aromatic carbocycles. The average Bonchev–Trinajstić information content (AvgIpc) is 3.11. The van der Waals surface area contributed by atoms with Crippen molar-refractivity contribution in [3.05, 3.63) is 41.5 Å². The van der Waals surface area contributed by atoms with Crippen LogP contribution in [0.4, 0.5) is 27.6 Å². The van der Waals surface area contributed by atoms with Crippen LogP contribution in [0.3, 0.4) is 0 Å². The molecule has 1 aliphatic carbocycles. The molecule has 1 N–H and O–H groups in total. The van der Waals surface area contributed by atoms with Gasteiger partial charge in [-0.25, -0.2) is 13.8 Å². The van der Waals surface area contributed by atoms with Crippen LogP contribution >= 0.6 is 0 Å². The van der Waals surface area contributed by atoms with E-state index in [4.69, 9.17) is 0 Å². The molecule has 0 bridgehead atoms. The molecule has 0 spiro atoms. The quantitative estimate of drug-likeness (QED) is 0.578. The molecular weight excluding hydrogens is 399 g/mol. The minimum atomic E-state index is -4.74. The van der Waals surface area contributed by atoms with Crippen molar-refractivity contribution in [2.75, 3.05) is 5.32 Å². The van der Waals surface area contributed by atoms with Crippen LogP contribution < -0.4 is 5.32 Å². The predicted molar refractivity (Wildman–Crippen MR) is 91.4 cm³/mol. The van der Waals surface area contributed by atoms with Crippen LogP contribution in [0.5, 0.6) is 0 Å². The Morgan fingerprint density at radius 1 is 1.21 bits per heavy atom. The molecule has 0 saturated heterocycles. The maximum Gasteiger partial charge on any atom is 0.433 e. The van der Waals surface area contributed by atoms with E-state index in [1.54, 1.807) is 0 Å². The number of aldehydes is 1. The van der Waals surface area contributed by atoms with E-state index in [-0.39, 0.29) is 17.6 Å². The number of nitrogens with one attached hydrogen (secondary N) is 1. The number of pyridine rings is 1. The predicted octanol–water partition coefficient (Wildman–Crippen LogP) is 4.42. The molecule has 0 atom stereocenters. The van der Waals surface area contributed by atoms with Crippen molar-refractivity contribution < 1.29 is 31.5 Å². The van der Waals surface area contributed by atoms with Gasteiger partial charge in [-0.05, 0) is 37.8 Å². The first-order valence-corrected chi connectivity index (χ1v) is 8.87. The van der Waals surface area contributed by atoms with Crippen molar-refractivity contribution in [3.63, 3.8) is 0 Å². The number of carbonyl (C=O) groups excluding carboxylic acids is 2. The van der Waals surface area contributed by atoms with Crippen molar-refractivity contribution in [1.82, 2.24) is 14.8 Å². The van der Waals surface area contributed by atoms with Crippen molar-refractivity contribution in [1.29, 1.82) is 0 Å². The van der Waals surface area contributed by atoms with Crippen LogP contribution in [0.1, 0.15) is 60.0 Å². The first kappa shape index (κ1) is 20.9. The number of amides is 1. The Labute approximate surface area is 162 Å². The molecule has 2 aromatic heterocycles. The number of hydrogen-bond donors (Lipinski definition) is 1. The summed E-state index contributed by atoms with van der Waals surface area (Å²) in [6, 6.07) is 2.56. The fraction of sp³-hybridized carbons (Fsp3) is 0.444. The Hall–Kier alpha value is -2.85. The van der Waals surface area contributed by atoms with Crippen molar-refractivity contribution in [3.8, 4) is 0 Å². The van der Waals surface area contributed by atoms with Gasteiger partial charge in [0.05, 0.1) is 11.7 Å². The van der Waals surface area contributed by atoms with E-state index in [9.17, 15) is 31.5 Å². The molecule has 6 nitrogen and oxygen atoms in total. The van der Waals surface area contributed by atoms with E-state index >= 15 is 0 Å². The standard InChI is InChI=1S/C18H17F5N4O2/c19-16(20)15-13(8-27(26-15)11-6-4-10(9-28)5-7-11)25-17(29)12-2-1-3-14(24-12)18(21,22)23/h1-3,8-11,16H,4-7H2,(H,25,29)/t10-,11-. The number of carbonyl (C=O) groups is 2. The van der Waals surface area contributed by atoms with Crippen molar-refractivity contribution in [2.45, 2.75) is 44.3 Å². The molecule has 1 saturated carbocycles. The van der Waals surface area contributed by atoms with Gasteiger partial charge in [0.1, 0.15) is 17.7 Å². The lowest BCUT2D eigenvalue weighted by Crippen LogP contribution is -2.19. The topological polar surface area (TPSA) is 76.9 Å². The van der Waals surface area contributed by atoms with Crippen LogP contribution in [0.15, 0.2) is 24.4 Å². The van der Waals surface area contributed by atoms with Gasteiger partial charge in [0, 0.05) is 12.1 Å². The molecule has 1 aliphatic rings. The normalized spacial score (nSPS) is 19.9. The van der Waals surface area contributed by atoms with Crippen LogP contribution in [-0.4, -0.2) is 27.0 Å². The van der Waals surface area contributed by atoms with Gasteiger partial charge in [0.15, 0.2) is 5.69 Å². The summed E-state index contributed by atoms with van der Waals surface area (Å²) in [6.45, 7) is 0. The summed E-state index contributed by atoms with van der Waals surface area (Å²) in [5.74, 6) is -1.12. The van der Waals surface area contributed by atoms with E-state index in [1.807, 2.05) is 0 Å². The molecule has 2 heterocycles. The summed E-state index contributed by atoms with van der Waals surface area (Å²) in [6.07, 6.45) is -3.28. The van der Waals surface area contributed by atoms with Crippen molar-refractivity contribution in [2.24, 2.45) is 5.92 Å². The van der Waals surface area contributed by atoms with Gasteiger partial charge in [0.25, 0.3) is 12.3 Å². The lowest BCUT2D eigenvalue weighted by molar-refractivity contribution is -0.141. The maximum atomic E-state index is 13.4. The highest BCUT2D eigenvalue weighted by molar-refractivity contribution is 6.03. The summed E-state index contributed by atoms with van der Waals surface area (Å²) >= 11 is 0. The van der Waals surface area contributed by atoms with Crippen molar-refractivity contribution >= 4 is 17.9 Å². The molecule has 3 rings (SSSR count). The first-order valence-electron chi connectivity index (χ1n) is 8.87. The average molecular weight is 416 g/mol. The van der Waals surface area contributed by atoms with Crippen LogP contribution in [0.25, 0.3) is 0 Å². The number of rotatable bonds is 5. The summed E-state index contributed by atoms with van der Waals surface area (Å²) in [5, 5.41) is 6.03. The highest BCUT2D eigenvalue weighted by atomic mass is 19.4. The minimum absolute atomic E-state index is 0.0671. The Balaban J connectivity index is 1.81. The van der Waals surface area contributed by atoms with Crippen LogP contribution in [0, 0.1) is 5.92 Å². The first-order chi connectivity index (χ1) is 13.7. The molecule has 0 radical (unpaired) electrons. The second-order valence-corrected chi connectivity index (χ2v) is 6.77. The molecule has 1 fully saturated rings. The summed E-state index contributed by atoms with van der Waals surface area (Å²) in [4.78, 5) is 26.4. The molecular formula is C18H17F5N4O2. The third kappa shape index (κ3) is 4.77. The number of hydrogen-bond acceptors (Lipinski definition) is 4. The molecule has 2 aromatic rings. The lowest BCUT2D eigenvalue weighted by Gasteiger charge is -2.25. The van der Waals surface area contributed by atoms with Gasteiger partial charge < -0.3 is 10.1 Å². The lowest BCUT2D eigenvalue weighted by atomic mass is 9.87. The molecule has 0 unspecified atom stereocenters. The molecule has 0 aliphatic heterocycles. The fourth-order valence-electron chi connectivity index (χ4n) is 3.26. The summed E-state index contributed by atoms with van der Waals surface area (Å²) in [7, 11) is 0. The van der Waals surface area contributed by atoms with Gasteiger partial charge in [-0.3, -0.25) is 9.48 Å². The monoisotopic (exact) mass is 416 g/mol. The van der Waals surface area contributed by atoms with Crippen LogP contribution in [-0.2, 0) is 11.0 Å². The minimum Gasteiger partial charge on any atom is -0.318 e. The maximum absolute atomic E-state index is 13.4. The number of alkyl halides is 5. The molecule has 156 valence electrons. The molecule has 11 heteroatoms. The number of anilines is 1. The number of nitrogens with zero attached hydrogens (tertiary/aromatic N) is 3. The van der Waals surface area contributed by atoms with Gasteiger partial charge in [-0.15, -0.1) is 0 Å². The van der Waals surface area contributed by atoms with E-state index in [1.165, 1.54) is 10.9 Å². The molecule has 1 amide bonds. The van der Waals surface area contributed by atoms with E-state index in [0.29, 0.717) is 31.7 Å². The van der Waals surface area contributed by atoms with Gasteiger partial charge in [-0.1, -0.05) is 6.07 Å². The second kappa shape index (κ2) is 8.26. The van der Waals surface area contributed by atoms with Gasteiger partial charge in [0.2, 0.25) is 0 Å². The van der Waals surface area contributed by atoms with Gasteiger partial charge in [-0.2, -0.15) is 18.3 Å². The van der Waals surface area contributed by atoms with Crippen LogP contribution in [0.2, 0.25) is 0 Å². The number of aromatic nitrogens is 3. The summed E-state index contributed by atoms with van der Waals surface area (Å²) in [5.41, 5.74) is -2.79. The van der Waals surface area contributed by atoms with E-state index in [2.05, 4.69) is 15.4 Å². The molecule has 29 heavy (non-hydrogen) atoms. The largest absolute Gasteiger partial charge is 0.433 e. The zero-order chi connectivity index (χ0) is 21.2. The van der Waals surface area contributed by atoms with E-state index < -0.39 is 35.6 Å². The highest BCUT2D eigenvalue weighted by Crippen LogP contribution is 2.34. The third-order valence-electron chi connectivity index (χ3n) is 4.80. The van der Waals surface area contributed by atoms with E-state index in [0.717, 1.165) is 18.4 Å². The Bertz CT molecular complexity index is 889. The van der Waals surface area contributed by atoms with Gasteiger partial charge >= 0.3 is 6.18 Å². The number of halogens is 5. The smallest absolute Gasteiger partial charge is 0.318 e. The highest BCUT2D eigenvalue weighted by Gasteiger charge is 2.33. The Kier molecular flexibility index (Phi) is 5.94. The second-order valence-electron chi connectivity index (χ2n) is 6.77. The third-order valence-corrected chi connectivity index (χ3v) is 4.80. The summed E-state index contributed by atoms with van der Waals surface area (Å²) < 4.78 is 66.3. The zero-order valence-corrected chi connectivity index (χ0v) is 15.0. The SMILES string of the molecule is O=C[C@H]1CC[C@H](n2cc(NC(=O)c3cccc(C(F)(F)F)n3)c(C(F)F)n2)CC1. The Morgan fingerprint density at radius 3 is 2.48 bits per heavy atom. The fourth-order valence-corrected chi connectivity index (χ4v) is 3.26.